The average Bonchev–Trinajstić information content (AvgIpc) is 3.17. The molecule has 0 unspecified atom stereocenters. The van der Waals surface area contributed by atoms with E-state index in [1.165, 1.54) is 36.4 Å². The lowest BCUT2D eigenvalue weighted by Crippen LogP contribution is -2.09. The number of nitrogens with zero attached hydrogens (tertiary/aromatic N) is 5. The second kappa shape index (κ2) is 9.04. The number of carbonyl (C=O) groups excluding carboxylic acids is 1. The van der Waals surface area contributed by atoms with E-state index in [1.807, 2.05) is 0 Å². The summed E-state index contributed by atoms with van der Waals surface area (Å²) in [5.41, 5.74) is 1.34. The maximum absolute atomic E-state index is 12.5. The molecule has 3 aromatic rings. The summed E-state index contributed by atoms with van der Waals surface area (Å²) in [4.78, 5) is 24.1. The van der Waals surface area contributed by atoms with Crippen molar-refractivity contribution in [1.29, 1.82) is 0 Å². The van der Waals surface area contributed by atoms with Crippen LogP contribution in [0.4, 0.5) is 8.78 Å². The number of ether oxygens (including phenoxy) is 3. The summed E-state index contributed by atoms with van der Waals surface area (Å²) in [6.07, 6.45) is 2.86. The van der Waals surface area contributed by atoms with Crippen LogP contribution in [0.5, 0.6) is 11.6 Å². The van der Waals surface area contributed by atoms with Crippen LogP contribution in [-0.4, -0.2) is 51.0 Å². The van der Waals surface area contributed by atoms with Crippen LogP contribution in [0.3, 0.4) is 0 Å². The van der Waals surface area contributed by atoms with E-state index in [1.54, 1.807) is 19.1 Å². The molecule has 0 saturated heterocycles. The largest absolute Gasteiger partial charge is 0.476 e. The third kappa shape index (κ3) is 5.00. The van der Waals surface area contributed by atoms with Gasteiger partial charge in [0.05, 0.1) is 32.2 Å². The van der Waals surface area contributed by atoms with Gasteiger partial charge in [-0.1, -0.05) is 12.1 Å². The van der Waals surface area contributed by atoms with E-state index in [0.29, 0.717) is 23.6 Å². The average molecular weight is 405 g/mol. The van der Waals surface area contributed by atoms with E-state index < -0.39 is 12.6 Å². The zero-order valence-electron chi connectivity index (χ0n) is 15.6. The first-order chi connectivity index (χ1) is 14.0. The molecule has 0 aliphatic rings. The maximum atomic E-state index is 12.5. The van der Waals surface area contributed by atoms with Crippen molar-refractivity contribution in [3.8, 4) is 22.9 Å². The predicted molar refractivity (Wildman–Crippen MR) is 95.7 cm³/mol. The third-order valence-corrected chi connectivity index (χ3v) is 3.63. The standard InChI is InChI=1S/C18H17F2N5O4/c1-3-28-16-14(11-5-4-6-13(7-11)29-18(19)20)23-12(8-21-16)9-25-10-22-15(24-25)17(26)27-2/h4-8,10,18H,3,9H2,1-2H3. The topological polar surface area (TPSA) is 101 Å². The van der Waals surface area contributed by atoms with E-state index in [-0.39, 0.29) is 24.0 Å². The fourth-order valence-electron chi connectivity index (χ4n) is 2.46. The fourth-order valence-corrected chi connectivity index (χ4v) is 2.46. The molecular formula is C18H17F2N5O4. The predicted octanol–water partition coefficient (Wildman–Crippen LogP) is 2.57. The lowest BCUT2D eigenvalue weighted by molar-refractivity contribution is -0.0498. The lowest BCUT2D eigenvalue weighted by Gasteiger charge is -2.11. The summed E-state index contributed by atoms with van der Waals surface area (Å²) in [5, 5.41) is 4.01. The van der Waals surface area contributed by atoms with Crippen molar-refractivity contribution in [3.05, 3.63) is 48.3 Å². The highest BCUT2D eigenvalue weighted by Gasteiger charge is 2.15. The highest BCUT2D eigenvalue weighted by atomic mass is 19.3. The van der Waals surface area contributed by atoms with Gasteiger partial charge in [-0.3, -0.25) is 0 Å². The van der Waals surface area contributed by atoms with Crippen molar-refractivity contribution >= 4 is 5.97 Å². The van der Waals surface area contributed by atoms with Crippen LogP contribution in [0.2, 0.25) is 0 Å². The molecule has 152 valence electrons. The number of methoxy groups -OCH3 is 1. The van der Waals surface area contributed by atoms with Crippen LogP contribution < -0.4 is 9.47 Å². The summed E-state index contributed by atoms with van der Waals surface area (Å²) in [7, 11) is 1.24. The van der Waals surface area contributed by atoms with Gasteiger partial charge in [-0.15, -0.1) is 5.10 Å². The van der Waals surface area contributed by atoms with Crippen molar-refractivity contribution in [1.82, 2.24) is 24.7 Å². The van der Waals surface area contributed by atoms with Crippen molar-refractivity contribution in [3.63, 3.8) is 0 Å². The first-order valence-electron chi connectivity index (χ1n) is 8.52. The SMILES string of the molecule is CCOc1ncc(Cn2cnc(C(=O)OC)n2)nc1-c1cccc(OC(F)F)c1. The third-order valence-electron chi connectivity index (χ3n) is 3.63. The number of benzene rings is 1. The Labute approximate surface area is 164 Å². The van der Waals surface area contributed by atoms with E-state index in [4.69, 9.17) is 4.74 Å². The fraction of sp³-hybridized carbons (Fsp3) is 0.278. The molecule has 1 aromatic carbocycles. The summed E-state index contributed by atoms with van der Waals surface area (Å²) < 4.78 is 41.0. The van der Waals surface area contributed by atoms with Crippen molar-refractivity contribution in [2.45, 2.75) is 20.1 Å². The van der Waals surface area contributed by atoms with E-state index in [0.717, 1.165) is 0 Å². The first kappa shape index (κ1) is 20.1. The highest BCUT2D eigenvalue weighted by Crippen LogP contribution is 2.29. The quantitative estimate of drug-likeness (QED) is 0.527. The molecule has 11 heteroatoms. The van der Waals surface area contributed by atoms with Gasteiger partial charge in [0.1, 0.15) is 17.8 Å². The van der Waals surface area contributed by atoms with Gasteiger partial charge in [-0.2, -0.15) is 8.78 Å². The van der Waals surface area contributed by atoms with Gasteiger partial charge in [0.25, 0.3) is 5.82 Å². The number of alkyl halides is 2. The normalized spacial score (nSPS) is 10.8. The Balaban J connectivity index is 1.92. The molecule has 2 aromatic heterocycles. The molecule has 9 nitrogen and oxygen atoms in total. The molecule has 0 spiro atoms. The van der Waals surface area contributed by atoms with E-state index in [9.17, 15) is 13.6 Å². The van der Waals surface area contributed by atoms with Crippen LogP contribution >= 0.6 is 0 Å². The Morgan fingerprint density at radius 2 is 2.10 bits per heavy atom. The van der Waals surface area contributed by atoms with Crippen molar-refractivity contribution in [2.75, 3.05) is 13.7 Å². The van der Waals surface area contributed by atoms with Gasteiger partial charge in [-0.05, 0) is 19.1 Å². The van der Waals surface area contributed by atoms with Crippen molar-refractivity contribution < 1.29 is 27.8 Å². The van der Waals surface area contributed by atoms with Crippen LogP contribution in [0.25, 0.3) is 11.3 Å². The van der Waals surface area contributed by atoms with Crippen molar-refractivity contribution in [2.24, 2.45) is 0 Å². The molecule has 0 aliphatic carbocycles. The van der Waals surface area contributed by atoms with Crippen LogP contribution in [-0.2, 0) is 11.3 Å². The molecule has 0 bridgehead atoms. The zero-order valence-corrected chi connectivity index (χ0v) is 15.6. The second-order valence-corrected chi connectivity index (χ2v) is 5.61. The van der Waals surface area contributed by atoms with Gasteiger partial charge in [-0.25, -0.2) is 24.4 Å². The molecule has 0 saturated carbocycles. The molecule has 0 atom stereocenters. The minimum Gasteiger partial charge on any atom is -0.476 e. The Morgan fingerprint density at radius 3 is 2.83 bits per heavy atom. The summed E-state index contributed by atoms with van der Waals surface area (Å²) >= 11 is 0. The van der Waals surface area contributed by atoms with Gasteiger partial charge in [0.2, 0.25) is 5.88 Å². The number of aromatic nitrogens is 5. The van der Waals surface area contributed by atoms with Gasteiger partial charge in [0.15, 0.2) is 0 Å². The molecular weight excluding hydrogens is 388 g/mol. The van der Waals surface area contributed by atoms with Crippen LogP contribution in [0, 0.1) is 0 Å². The molecule has 0 fully saturated rings. The molecule has 3 rings (SSSR count). The monoisotopic (exact) mass is 405 g/mol. The summed E-state index contributed by atoms with van der Waals surface area (Å²) in [5.74, 6) is -0.494. The van der Waals surface area contributed by atoms with Gasteiger partial charge >= 0.3 is 12.6 Å². The van der Waals surface area contributed by atoms with E-state index in [2.05, 4.69) is 29.5 Å². The van der Waals surface area contributed by atoms with Crippen LogP contribution in [0.1, 0.15) is 23.2 Å². The second-order valence-electron chi connectivity index (χ2n) is 5.61. The number of rotatable bonds is 8. The Kier molecular flexibility index (Phi) is 6.27. The minimum absolute atomic E-state index is 0.00820. The number of halogens is 2. The van der Waals surface area contributed by atoms with E-state index >= 15 is 0 Å². The Hall–Kier alpha value is -3.63. The zero-order chi connectivity index (χ0) is 20.8. The molecule has 29 heavy (non-hydrogen) atoms. The highest BCUT2D eigenvalue weighted by molar-refractivity contribution is 5.84. The number of hydrogen-bond donors (Lipinski definition) is 0. The van der Waals surface area contributed by atoms with Gasteiger partial charge in [0, 0.05) is 5.56 Å². The Morgan fingerprint density at radius 1 is 1.28 bits per heavy atom. The molecule has 2 heterocycles. The number of esters is 1. The maximum Gasteiger partial charge on any atom is 0.387 e. The van der Waals surface area contributed by atoms with Crippen LogP contribution in [0.15, 0.2) is 36.8 Å². The molecule has 0 aliphatic heterocycles. The smallest absolute Gasteiger partial charge is 0.387 e. The first-order valence-corrected chi connectivity index (χ1v) is 8.52. The lowest BCUT2D eigenvalue weighted by atomic mass is 10.1. The Bertz CT molecular complexity index is 996. The molecule has 0 radical (unpaired) electrons. The number of hydrogen-bond acceptors (Lipinski definition) is 8. The minimum atomic E-state index is -2.94. The summed E-state index contributed by atoms with van der Waals surface area (Å²) in [6.45, 7) is -0.631. The summed E-state index contributed by atoms with van der Waals surface area (Å²) in [6, 6.07) is 6.08. The van der Waals surface area contributed by atoms with Gasteiger partial charge < -0.3 is 14.2 Å². The molecule has 0 N–H and O–H groups in total. The number of carbonyl (C=O) groups is 1. The molecule has 0 amide bonds.